The second kappa shape index (κ2) is 6.03. The third-order valence-electron chi connectivity index (χ3n) is 2.91. The van der Waals surface area contributed by atoms with Gasteiger partial charge >= 0.3 is 0 Å². The normalized spacial score (nSPS) is 24.6. The van der Waals surface area contributed by atoms with Crippen molar-refractivity contribution in [2.45, 2.75) is 19.1 Å². The average molecular weight is 234 g/mol. The van der Waals surface area contributed by atoms with Crippen molar-refractivity contribution < 1.29 is 14.2 Å². The second-order valence-electron chi connectivity index (χ2n) is 4.22. The molecule has 0 amide bonds. The fourth-order valence-corrected chi connectivity index (χ4v) is 1.93. The first-order chi connectivity index (χ1) is 8.33. The summed E-state index contributed by atoms with van der Waals surface area (Å²) < 4.78 is 16.6. The van der Waals surface area contributed by atoms with Crippen molar-refractivity contribution >= 4 is 0 Å². The van der Waals surface area contributed by atoms with Crippen molar-refractivity contribution in [1.29, 1.82) is 0 Å². The Morgan fingerprint density at radius 3 is 2.76 bits per heavy atom. The van der Waals surface area contributed by atoms with Gasteiger partial charge < -0.3 is 14.2 Å². The van der Waals surface area contributed by atoms with Gasteiger partial charge in [0.25, 0.3) is 0 Å². The molecule has 0 aromatic heterocycles. The first-order valence-electron chi connectivity index (χ1n) is 5.90. The summed E-state index contributed by atoms with van der Waals surface area (Å²) in [5.41, 5.74) is 0.996. The molecule has 2 radical (unpaired) electrons. The Morgan fingerprint density at radius 1 is 1.35 bits per heavy atom. The summed E-state index contributed by atoms with van der Waals surface area (Å²) in [6.45, 7) is 6.93. The SMILES string of the molecule is [CH]CCC1COC(c2cccc(OC)c2)OC1. The molecule has 17 heavy (non-hydrogen) atoms. The molecule has 92 valence electrons. The molecule has 1 aliphatic rings. The second-order valence-corrected chi connectivity index (χ2v) is 4.22. The van der Waals surface area contributed by atoms with Gasteiger partial charge in [-0.2, -0.15) is 0 Å². The molecule has 1 fully saturated rings. The van der Waals surface area contributed by atoms with E-state index in [2.05, 4.69) is 0 Å². The minimum absolute atomic E-state index is 0.279. The van der Waals surface area contributed by atoms with Crippen molar-refractivity contribution in [3.05, 3.63) is 36.8 Å². The summed E-state index contributed by atoms with van der Waals surface area (Å²) >= 11 is 0. The van der Waals surface area contributed by atoms with E-state index in [0.717, 1.165) is 17.7 Å². The van der Waals surface area contributed by atoms with Crippen molar-refractivity contribution in [3.8, 4) is 5.75 Å². The van der Waals surface area contributed by atoms with Gasteiger partial charge in [0.2, 0.25) is 0 Å². The van der Waals surface area contributed by atoms with Gasteiger partial charge in [-0.15, -0.1) is 0 Å². The van der Waals surface area contributed by atoms with Crippen LogP contribution in [0.4, 0.5) is 0 Å². The van der Waals surface area contributed by atoms with E-state index in [9.17, 15) is 0 Å². The maximum absolute atomic E-state index is 5.70. The summed E-state index contributed by atoms with van der Waals surface area (Å²) in [5.74, 6) is 1.24. The van der Waals surface area contributed by atoms with E-state index in [1.54, 1.807) is 7.11 Å². The van der Waals surface area contributed by atoms with Crippen LogP contribution in [0.25, 0.3) is 0 Å². The highest BCUT2D eigenvalue weighted by Crippen LogP contribution is 2.28. The van der Waals surface area contributed by atoms with Gasteiger partial charge in [0.05, 0.1) is 20.3 Å². The van der Waals surface area contributed by atoms with Gasteiger partial charge in [-0.1, -0.05) is 12.1 Å². The lowest BCUT2D eigenvalue weighted by Gasteiger charge is -2.29. The summed E-state index contributed by atoms with van der Waals surface area (Å²) in [4.78, 5) is 0. The third-order valence-corrected chi connectivity index (χ3v) is 2.91. The molecule has 2 rings (SSSR count). The summed E-state index contributed by atoms with van der Waals surface area (Å²) in [6, 6.07) is 7.76. The Morgan fingerprint density at radius 2 is 2.12 bits per heavy atom. The Kier molecular flexibility index (Phi) is 4.40. The lowest BCUT2D eigenvalue weighted by molar-refractivity contribution is -0.205. The minimum atomic E-state index is -0.279. The lowest BCUT2D eigenvalue weighted by atomic mass is 10.1. The third kappa shape index (κ3) is 3.20. The van der Waals surface area contributed by atoms with Gasteiger partial charge in [-0.25, -0.2) is 0 Å². The predicted octanol–water partition coefficient (Wildman–Crippen LogP) is 2.85. The molecule has 1 aromatic carbocycles. The molecule has 0 bridgehead atoms. The highest BCUT2D eigenvalue weighted by atomic mass is 16.7. The molecular formula is C14H18O3. The molecule has 0 atom stereocenters. The average Bonchev–Trinajstić information content (AvgIpc) is 2.40. The zero-order chi connectivity index (χ0) is 12.1. The topological polar surface area (TPSA) is 27.7 Å². The van der Waals surface area contributed by atoms with Crippen LogP contribution in [0.15, 0.2) is 24.3 Å². The zero-order valence-electron chi connectivity index (χ0n) is 10.1. The molecule has 3 heteroatoms. The Bertz CT molecular complexity index is 343. The van der Waals surface area contributed by atoms with Gasteiger partial charge in [0.15, 0.2) is 6.29 Å². The van der Waals surface area contributed by atoms with Gasteiger partial charge in [-0.05, 0) is 31.9 Å². The van der Waals surface area contributed by atoms with E-state index in [1.165, 1.54) is 0 Å². The highest BCUT2D eigenvalue weighted by Gasteiger charge is 2.23. The predicted molar refractivity (Wildman–Crippen MR) is 64.7 cm³/mol. The van der Waals surface area contributed by atoms with Crippen LogP contribution in [0, 0.1) is 12.8 Å². The molecule has 1 aliphatic heterocycles. The van der Waals surface area contributed by atoms with E-state index in [0.29, 0.717) is 25.6 Å². The molecule has 1 heterocycles. The summed E-state index contributed by atoms with van der Waals surface area (Å²) in [6.07, 6.45) is 1.35. The molecule has 0 spiro atoms. The molecule has 0 saturated carbocycles. The van der Waals surface area contributed by atoms with Gasteiger partial charge in [0, 0.05) is 11.5 Å². The van der Waals surface area contributed by atoms with Crippen molar-refractivity contribution in [2.24, 2.45) is 5.92 Å². The van der Waals surface area contributed by atoms with Crippen LogP contribution in [-0.4, -0.2) is 20.3 Å². The largest absolute Gasteiger partial charge is 0.497 e. The van der Waals surface area contributed by atoms with Crippen LogP contribution in [0.1, 0.15) is 24.7 Å². The van der Waals surface area contributed by atoms with Crippen LogP contribution in [0.2, 0.25) is 0 Å². The van der Waals surface area contributed by atoms with Gasteiger partial charge in [0.1, 0.15) is 5.75 Å². The molecule has 0 unspecified atom stereocenters. The van der Waals surface area contributed by atoms with E-state index >= 15 is 0 Å². The minimum Gasteiger partial charge on any atom is -0.497 e. The molecule has 0 aliphatic carbocycles. The smallest absolute Gasteiger partial charge is 0.183 e. The fourth-order valence-electron chi connectivity index (χ4n) is 1.93. The Balaban J connectivity index is 1.95. The number of hydrogen-bond donors (Lipinski definition) is 0. The molecular weight excluding hydrogens is 216 g/mol. The quantitative estimate of drug-likeness (QED) is 0.801. The number of benzene rings is 1. The fraction of sp³-hybridized carbons (Fsp3) is 0.500. The molecule has 1 aromatic rings. The van der Waals surface area contributed by atoms with Crippen molar-refractivity contribution in [3.63, 3.8) is 0 Å². The Hall–Kier alpha value is -1.06. The van der Waals surface area contributed by atoms with Crippen molar-refractivity contribution in [1.82, 2.24) is 0 Å². The number of rotatable bonds is 4. The summed E-state index contributed by atoms with van der Waals surface area (Å²) in [5, 5.41) is 0. The van der Waals surface area contributed by atoms with E-state index in [4.69, 9.17) is 21.1 Å². The van der Waals surface area contributed by atoms with Crippen LogP contribution < -0.4 is 4.74 Å². The highest BCUT2D eigenvalue weighted by molar-refractivity contribution is 5.29. The van der Waals surface area contributed by atoms with E-state index in [-0.39, 0.29) is 6.29 Å². The van der Waals surface area contributed by atoms with Gasteiger partial charge in [-0.3, -0.25) is 0 Å². The molecule has 0 N–H and O–H groups in total. The molecule has 3 nitrogen and oxygen atoms in total. The number of hydrogen-bond acceptors (Lipinski definition) is 3. The first kappa shape index (κ1) is 12.4. The van der Waals surface area contributed by atoms with E-state index in [1.807, 2.05) is 24.3 Å². The van der Waals surface area contributed by atoms with E-state index < -0.39 is 0 Å². The first-order valence-corrected chi connectivity index (χ1v) is 5.90. The molecule has 1 saturated heterocycles. The number of ether oxygens (including phenoxy) is 3. The number of methoxy groups -OCH3 is 1. The van der Waals surface area contributed by atoms with Crippen LogP contribution in [-0.2, 0) is 9.47 Å². The summed E-state index contributed by atoms with van der Waals surface area (Å²) in [7, 11) is 1.65. The van der Waals surface area contributed by atoms with Crippen LogP contribution in [0.3, 0.4) is 0 Å². The Labute approximate surface area is 103 Å². The monoisotopic (exact) mass is 234 g/mol. The van der Waals surface area contributed by atoms with Crippen LogP contribution >= 0.6 is 0 Å². The van der Waals surface area contributed by atoms with Crippen LogP contribution in [0.5, 0.6) is 5.75 Å². The maximum Gasteiger partial charge on any atom is 0.183 e. The standard InChI is InChI=1S/C14H18O3/c1-3-5-11-9-16-14(17-10-11)12-6-4-7-13(8-12)15-2/h1,4,6-8,11,14H,3,5,9-10H2,2H3. The lowest BCUT2D eigenvalue weighted by Crippen LogP contribution is -2.26. The maximum atomic E-state index is 5.70. The van der Waals surface area contributed by atoms with Crippen molar-refractivity contribution in [2.75, 3.05) is 20.3 Å². The zero-order valence-corrected chi connectivity index (χ0v) is 10.1.